The molecule has 1 N–H and O–H groups in total. The van der Waals surface area contributed by atoms with E-state index in [-0.39, 0.29) is 12.0 Å². The van der Waals surface area contributed by atoms with E-state index in [4.69, 9.17) is 14.5 Å². The minimum atomic E-state index is -0.210. The van der Waals surface area contributed by atoms with E-state index >= 15 is 0 Å². The van der Waals surface area contributed by atoms with Crippen LogP contribution in [0.25, 0.3) is 0 Å². The number of hydrogen-bond donors (Lipinski definition) is 1. The van der Waals surface area contributed by atoms with Crippen molar-refractivity contribution in [2.45, 2.75) is 37.8 Å². The Bertz CT molecular complexity index is 1140. The fraction of sp³-hybridized carbons (Fsp3) is 0.538. The number of hydrogen-bond acceptors (Lipinski definition) is 9. The quantitative estimate of drug-likeness (QED) is 0.647. The van der Waals surface area contributed by atoms with Crippen molar-refractivity contribution < 1.29 is 14.3 Å². The second-order valence-corrected chi connectivity index (χ2v) is 9.96. The van der Waals surface area contributed by atoms with Crippen molar-refractivity contribution in [1.29, 1.82) is 0 Å². The molecule has 10 nitrogen and oxygen atoms in total. The third-order valence-electron chi connectivity index (χ3n) is 7.84. The summed E-state index contributed by atoms with van der Waals surface area (Å²) in [6.07, 6.45) is 6.76. The minimum absolute atomic E-state index is 0.0308. The van der Waals surface area contributed by atoms with E-state index in [9.17, 15) is 4.79 Å². The van der Waals surface area contributed by atoms with E-state index in [0.29, 0.717) is 25.2 Å². The van der Waals surface area contributed by atoms with Gasteiger partial charge in [-0.2, -0.15) is 0 Å². The smallest absolute Gasteiger partial charge is 0.246 e. The Morgan fingerprint density at radius 1 is 1.14 bits per heavy atom. The van der Waals surface area contributed by atoms with Crippen molar-refractivity contribution in [3.63, 3.8) is 0 Å². The van der Waals surface area contributed by atoms with Crippen molar-refractivity contribution >= 4 is 23.2 Å². The van der Waals surface area contributed by atoms with Crippen molar-refractivity contribution in [3.8, 4) is 5.75 Å². The topological polar surface area (TPSA) is 96.0 Å². The summed E-state index contributed by atoms with van der Waals surface area (Å²) in [6, 6.07) is 2.59. The Balaban J connectivity index is 1.16. The van der Waals surface area contributed by atoms with Crippen LogP contribution in [0.15, 0.2) is 31.2 Å². The molecule has 4 aliphatic rings. The van der Waals surface area contributed by atoms with Gasteiger partial charge >= 0.3 is 0 Å². The molecule has 6 heterocycles. The van der Waals surface area contributed by atoms with Crippen LogP contribution < -0.4 is 15.0 Å². The molecule has 0 aromatic carbocycles. The van der Waals surface area contributed by atoms with Crippen LogP contribution in [0.3, 0.4) is 0 Å². The van der Waals surface area contributed by atoms with E-state index in [2.05, 4.69) is 37.7 Å². The van der Waals surface area contributed by atoms with Gasteiger partial charge in [0.05, 0.1) is 30.7 Å². The minimum Gasteiger partial charge on any atom is -0.482 e. The molecule has 0 aliphatic carbocycles. The van der Waals surface area contributed by atoms with Gasteiger partial charge in [-0.25, -0.2) is 9.97 Å². The van der Waals surface area contributed by atoms with E-state index in [0.717, 1.165) is 86.4 Å². The van der Waals surface area contributed by atoms with Gasteiger partial charge in [0.15, 0.2) is 5.75 Å². The average molecular weight is 492 g/mol. The van der Waals surface area contributed by atoms with E-state index in [1.54, 1.807) is 6.33 Å². The van der Waals surface area contributed by atoms with Gasteiger partial charge < -0.3 is 24.6 Å². The number of ether oxygens (including phenoxy) is 2. The highest BCUT2D eigenvalue weighted by molar-refractivity contribution is 5.87. The Labute approximate surface area is 211 Å². The molecule has 1 atom stereocenters. The van der Waals surface area contributed by atoms with E-state index < -0.39 is 0 Å². The fourth-order valence-corrected chi connectivity index (χ4v) is 5.69. The van der Waals surface area contributed by atoms with Crippen molar-refractivity contribution in [3.05, 3.63) is 42.5 Å². The number of piperidine rings is 1. The number of nitrogens with zero attached hydrogens (tertiary/aromatic N) is 6. The Hall–Kier alpha value is -3.24. The van der Waals surface area contributed by atoms with E-state index in [1.807, 2.05) is 18.0 Å². The second-order valence-electron chi connectivity index (χ2n) is 9.96. The molecule has 0 radical (unpaired) electrons. The lowest BCUT2D eigenvalue weighted by Gasteiger charge is -2.47. The number of rotatable bonds is 4. The molecule has 1 amide bonds. The summed E-state index contributed by atoms with van der Waals surface area (Å²) < 4.78 is 11.9. The molecular weight excluding hydrogens is 458 g/mol. The molecule has 0 unspecified atom stereocenters. The van der Waals surface area contributed by atoms with Crippen molar-refractivity contribution in [1.82, 2.24) is 24.8 Å². The predicted octanol–water partition coefficient (Wildman–Crippen LogP) is 2.48. The van der Waals surface area contributed by atoms with Gasteiger partial charge in [0.2, 0.25) is 5.91 Å². The number of likely N-dealkylation sites (tertiary alicyclic amines) is 2. The maximum absolute atomic E-state index is 11.7. The molecule has 3 saturated heterocycles. The number of anilines is 3. The zero-order valence-corrected chi connectivity index (χ0v) is 20.7. The third kappa shape index (κ3) is 4.28. The molecule has 2 aromatic heterocycles. The van der Waals surface area contributed by atoms with Crippen LogP contribution >= 0.6 is 0 Å². The number of fused-ring (bicyclic) bond motifs is 2. The van der Waals surface area contributed by atoms with Gasteiger partial charge in [-0.15, -0.1) is 0 Å². The molecule has 2 aromatic rings. The van der Waals surface area contributed by atoms with Crippen molar-refractivity contribution in [2.24, 2.45) is 0 Å². The first kappa shape index (κ1) is 23.2. The van der Waals surface area contributed by atoms with Crippen LogP contribution in [0, 0.1) is 0 Å². The van der Waals surface area contributed by atoms with Gasteiger partial charge in [0.25, 0.3) is 0 Å². The van der Waals surface area contributed by atoms with Crippen molar-refractivity contribution in [2.75, 3.05) is 62.7 Å². The van der Waals surface area contributed by atoms with Crippen LogP contribution in [-0.4, -0.2) is 89.2 Å². The van der Waals surface area contributed by atoms with E-state index in [1.165, 1.54) is 6.08 Å². The van der Waals surface area contributed by atoms with Gasteiger partial charge in [-0.1, -0.05) is 6.58 Å². The van der Waals surface area contributed by atoms with Gasteiger partial charge in [-0.3, -0.25) is 14.7 Å². The number of carbonyl (C=O) groups excluding carboxylic acids is 1. The third-order valence-corrected chi connectivity index (χ3v) is 7.84. The number of pyridine rings is 1. The molecular formula is C26H33N7O3. The largest absolute Gasteiger partial charge is 0.482 e. The summed E-state index contributed by atoms with van der Waals surface area (Å²) in [5, 5.41) is 3.53. The lowest BCUT2D eigenvalue weighted by atomic mass is 9.91. The standard InChI is InChI=1S/C26H33N7O3/c1-3-23(34)33-14-19(15-33)31-6-4-18(5-7-31)20-12-21-22(13-27-20)36-17(2)24-25(30-21)28-16-29-26(24)32-8-10-35-11-9-32/h3,12-13,16-19H,1,4-11,14-15H2,2H3,(H,28,29,30)/t17-/m1/s1. The van der Waals surface area contributed by atoms with Gasteiger partial charge in [0.1, 0.15) is 24.1 Å². The SMILES string of the molecule is C=CC(=O)N1CC(N2CCC(c3cc4c(cn3)O[C@H](C)c3c(ncnc3N3CCOCC3)N4)CC2)C1. The molecule has 3 fully saturated rings. The highest BCUT2D eigenvalue weighted by Crippen LogP contribution is 2.42. The molecule has 10 heteroatoms. The number of amides is 1. The van der Waals surface area contributed by atoms with Crippen LogP contribution in [0.2, 0.25) is 0 Å². The fourth-order valence-electron chi connectivity index (χ4n) is 5.69. The molecule has 0 bridgehead atoms. The maximum Gasteiger partial charge on any atom is 0.246 e. The Morgan fingerprint density at radius 2 is 1.92 bits per heavy atom. The second kappa shape index (κ2) is 9.67. The lowest BCUT2D eigenvalue weighted by Crippen LogP contribution is -2.61. The summed E-state index contributed by atoms with van der Waals surface area (Å²) in [7, 11) is 0. The average Bonchev–Trinajstić information content (AvgIpc) is 3.03. The predicted molar refractivity (Wildman–Crippen MR) is 136 cm³/mol. The number of carbonyl (C=O) groups is 1. The molecule has 4 aliphatic heterocycles. The Morgan fingerprint density at radius 3 is 2.67 bits per heavy atom. The number of nitrogens with one attached hydrogen (secondary N) is 1. The monoisotopic (exact) mass is 491 g/mol. The van der Waals surface area contributed by atoms with Crippen LogP contribution in [-0.2, 0) is 9.53 Å². The highest BCUT2D eigenvalue weighted by atomic mass is 16.5. The van der Waals surface area contributed by atoms with Gasteiger partial charge in [0, 0.05) is 43.8 Å². The lowest BCUT2D eigenvalue weighted by molar-refractivity contribution is -0.133. The Kier molecular flexibility index (Phi) is 6.22. The zero-order valence-electron chi connectivity index (χ0n) is 20.7. The first-order valence-electron chi connectivity index (χ1n) is 12.9. The summed E-state index contributed by atoms with van der Waals surface area (Å²) in [6.45, 7) is 12.3. The van der Waals surface area contributed by atoms with Crippen LogP contribution in [0.1, 0.15) is 43.0 Å². The molecule has 0 spiro atoms. The molecule has 6 rings (SSSR count). The number of morpholine rings is 1. The summed E-state index contributed by atoms with van der Waals surface area (Å²) in [5.41, 5.74) is 2.95. The van der Waals surface area contributed by atoms with Crippen LogP contribution in [0.5, 0.6) is 5.75 Å². The molecule has 0 saturated carbocycles. The maximum atomic E-state index is 11.7. The summed E-state index contributed by atoms with van der Waals surface area (Å²) in [4.78, 5) is 32.3. The molecule has 190 valence electrons. The van der Waals surface area contributed by atoms with Gasteiger partial charge in [-0.05, 0) is 45.0 Å². The number of aromatic nitrogens is 3. The normalized spacial score (nSPS) is 23.0. The van der Waals surface area contributed by atoms with Crippen LogP contribution in [0.4, 0.5) is 17.3 Å². The summed E-state index contributed by atoms with van der Waals surface area (Å²) >= 11 is 0. The highest BCUT2D eigenvalue weighted by Gasteiger charge is 2.36. The zero-order chi connectivity index (χ0) is 24.6. The first-order chi connectivity index (χ1) is 17.6. The first-order valence-corrected chi connectivity index (χ1v) is 12.9. The molecule has 36 heavy (non-hydrogen) atoms. The summed E-state index contributed by atoms with van der Waals surface area (Å²) in [5.74, 6) is 2.85.